The van der Waals surface area contributed by atoms with E-state index in [0.29, 0.717) is 0 Å². The quantitative estimate of drug-likeness (QED) is 0.169. The molecule has 0 unspecified atom stereocenters. The number of imidazole rings is 2. The molecule has 0 amide bonds. The molecule has 54 heavy (non-hydrogen) atoms. The highest BCUT2D eigenvalue weighted by Crippen LogP contribution is 2.36. The molecule has 0 atom stereocenters. The fourth-order valence-corrected chi connectivity index (χ4v) is 8.07. The molecule has 0 aliphatic heterocycles. The van der Waals surface area contributed by atoms with Crippen molar-refractivity contribution in [2.24, 2.45) is 0 Å². The van der Waals surface area contributed by atoms with E-state index in [1.807, 2.05) is 12.1 Å². The first-order valence-corrected chi connectivity index (χ1v) is 18.3. The lowest BCUT2D eigenvalue weighted by molar-refractivity contribution is 1.10. The number of benzene rings is 8. The third-order valence-corrected chi connectivity index (χ3v) is 10.7. The molecular weight excluding hydrogens is 657 g/mol. The number of hydrogen-bond donors (Lipinski definition) is 0. The minimum Gasteiger partial charge on any atom is -0.292 e. The van der Waals surface area contributed by atoms with E-state index >= 15 is 0 Å². The second-order valence-corrected chi connectivity index (χ2v) is 13.9. The third-order valence-electron chi connectivity index (χ3n) is 10.7. The maximum atomic E-state index is 5.11. The zero-order valence-electron chi connectivity index (χ0n) is 29.3. The summed E-state index contributed by atoms with van der Waals surface area (Å²) >= 11 is 0. The molecule has 0 aliphatic carbocycles. The van der Waals surface area contributed by atoms with Gasteiger partial charge in [-0.05, 0) is 87.3 Å². The van der Waals surface area contributed by atoms with Gasteiger partial charge in [0, 0.05) is 22.0 Å². The Morgan fingerprint density at radius 1 is 0.315 bits per heavy atom. The Bertz CT molecular complexity index is 3170. The molecule has 0 bridgehead atoms. The van der Waals surface area contributed by atoms with Crippen LogP contribution in [0.2, 0.25) is 0 Å². The van der Waals surface area contributed by atoms with Gasteiger partial charge in [-0.3, -0.25) is 8.97 Å². The van der Waals surface area contributed by atoms with Gasteiger partial charge >= 0.3 is 0 Å². The van der Waals surface area contributed by atoms with Crippen LogP contribution in [0.1, 0.15) is 0 Å². The second-order valence-electron chi connectivity index (χ2n) is 13.9. The fraction of sp³-hybridized carbons (Fsp3) is 0. The Hall–Kier alpha value is -7.30. The van der Waals surface area contributed by atoms with Gasteiger partial charge in [0.05, 0.1) is 27.6 Å². The summed E-state index contributed by atoms with van der Waals surface area (Å²) in [4.78, 5) is 10.1. The number of rotatable bonds is 5. The van der Waals surface area contributed by atoms with Crippen molar-refractivity contribution in [3.05, 3.63) is 194 Å². The van der Waals surface area contributed by atoms with Gasteiger partial charge in [0.25, 0.3) is 0 Å². The van der Waals surface area contributed by atoms with Crippen molar-refractivity contribution < 1.29 is 0 Å². The van der Waals surface area contributed by atoms with Gasteiger partial charge in [-0.1, -0.05) is 146 Å². The Morgan fingerprint density at radius 2 is 0.796 bits per heavy atom. The number of para-hydroxylation sites is 6. The van der Waals surface area contributed by atoms with Crippen LogP contribution >= 0.6 is 0 Å². The van der Waals surface area contributed by atoms with Crippen LogP contribution in [0.5, 0.6) is 0 Å². The second kappa shape index (κ2) is 12.1. The summed E-state index contributed by atoms with van der Waals surface area (Å²) in [5.74, 6) is 0.938. The predicted octanol–water partition coefficient (Wildman–Crippen LogP) is 12.8. The lowest BCUT2D eigenvalue weighted by Crippen LogP contribution is -1.97. The number of nitrogens with zero attached hydrogens (tertiary/aromatic N) is 4. The summed E-state index contributed by atoms with van der Waals surface area (Å²) in [7, 11) is 0. The van der Waals surface area contributed by atoms with Gasteiger partial charge in [-0.15, -0.1) is 0 Å². The molecule has 3 heterocycles. The Kier molecular flexibility index (Phi) is 6.82. The van der Waals surface area contributed by atoms with E-state index in [2.05, 4.69) is 191 Å². The first-order chi connectivity index (χ1) is 26.8. The van der Waals surface area contributed by atoms with E-state index in [1.165, 1.54) is 49.7 Å². The van der Waals surface area contributed by atoms with Crippen molar-refractivity contribution in [3.8, 4) is 50.5 Å². The van der Waals surface area contributed by atoms with Gasteiger partial charge in [-0.2, -0.15) is 0 Å². The van der Waals surface area contributed by atoms with E-state index in [-0.39, 0.29) is 0 Å². The van der Waals surface area contributed by atoms with Crippen LogP contribution in [0.4, 0.5) is 0 Å². The van der Waals surface area contributed by atoms with Gasteiger partial charge < -0.3 is 0 Å². The predicted molar refractivity (Wildman–Crippen MR) is 224 cm³/mol. The summed E-state index contributed by atoms with van der Waals surface area (Å²) in [6.07, 6.45) is 0. The number of pyridine rings is 1. The standard InChI is InChI=1S/C50H32N4/c1-2-10-40(11-3-1)53-47-16-8-5-13-44(47)51-49(53)38-28-26-36(27-29-38)34-20-18-33(19-21-34)35-22-24-37(25-23-35)39-30-31-41-42-12-4-7-15-46(42)54-48-17-9-6-14-45(48)52-50(54)43(41)32-39/h1-32H. The Labute approximate surface area is 311 Å². The lowest BCUT2D eigenvalue weighted by Gasteiger charge is -2.11. The minimum absolute atomic E-state index is 0.938. The topological polar surface area (TPSA) is 35.1 Å². The smallest absolute Gasteiger partial charge is 0.146 e. The highest BCUT2D eigenvalue weighted by molar-refractivity contribution is 6.14. The number of aromatic nitrogens is 4. The van der Waals surface area contributed by atoms with Crippen molar-refractivity contribution >= 4 is 49.4 Å². The summed E-state index contributed by atoms with van der Waals surface area (Å²) in [5.41, 5.74) is 15.7. The van der Waals surface area contributed by atoms with Crippen molar-refractivity contribution in [2.45, 2.75) is 0 Å². The lowest BCUT2D eigenvalue weighted by atomic mass is 9.96. The van der Waals surface area contributed by atoms with Crippen molar-refractivity contribution in [1.29, 1.82) is 0 Å². The fourth-order valence-electron chi connectivity index (χ4n) is 8.07. The summed E-state index contributed by atoms with van der Waals surface area (Å²) in [6.45, 7) is 0. The monoisotopic (exact) mass is 688 g/mol. The largest absolute Gasteiger partial charge is 0.292 e. The van der Waals surface area contributed by atoms with Crippen LogP contribution in [0.15, 0.2) is 194 Å². The third kappa shape index (κ3) is 4.85. The molecule has 0 spiro atoms. The molecule has 0 saturated carbocycles. The maximum absolute atomic E-state index is 5.11. The molecule has 8 aromatic carbocycles. The van der Waals surface area contributed by atoms with Crippen molar-refractivity contribution in [1.82, 2.24) is 18.9 Å². The van der Waals surface area contributed by atoms with Crippen molar-refractivity contribution in [2.75, 3.05) is 0 Å². The molecular formula is C50H32N4. The molecule has 3 aromatic heterocycles. The van der Waals surface area contributed by atoms with Gasteiger partial charge in [0.1, 0.15) is 11.5 Å². The average Bonchev–Trinajstić information content (AvgIpc) is 3.84. The molecule has 0 saturated heterocycles. The van der Waals surface area contributed by atoms with Crippen LogP contribution in [0.3, 0.4) is 0 Å². The van der Waals surface area contributed by atoms with Crippen LogP contribution in [0.25, 0.3) is 99.8 Å². The van der Waals surface area contributed by atoms with Gasteiger partial charge in [0.2, 0.25) is 0 Å². The number of hydrogen-bond acceptors (Lipinski definition) is 2. The molecule has 252 valence electrons. The molecule has 0 N–H and O–H groups in total. The van der Waals surface area contributed by atoms with Crippen LogP contribution < -0.4 is 0 Å². The Balaban J connectivity index is 0.890. The number of fused-ring (bicyclic) bond motifs is 9. The molecule has 4 nitrogen and oxygen atoms in total. The van der Waals surface area contributed by atoms with E-state index < -0.39 is 0 Å². The van der Waals surface area contributed by atoms with Crippen LogP contribution in [0, 0.1) is 0 Å². The zero-order chi connectivity index (χ0) is 35.6. The molecule has 11 rings (SSSR count). The summed E-state index contributed by atoms with van der Waals surface area (Å²) in [6, 6.07) is 69.1. The van der Waals surface area contributed by atoms with Crippen LogP contribution in [-0.2, 0) is 0 Å². The molecule has 0 fully saturated rings. The van der Waals surface area contributed by atoms with E-state index in [0.717, 1.165) is 50.2 Å². The minimum atomic E-state index is 0.938. The summed E-state index contributed by atoms with van der Waals surface area (Å²) < 4.78 is 4.55. The molecule has 4 heteroatoms. The normalized spacial score (nSPS) is 11.7. The maximum Gasteiger partial charge on any atom is 0.146 e. The SMILES string of the molecule is c1ccc(-n2c(-c3ccc(-c4ccc(-c5ccc(-c6ccc7c8ccccc8n8c9ccccc9nc8c7c6)cc5)cc4)cc3)nc3ccccc32)cc1. The zero-order valence-corrected chi connectivity index (χ0v) is 29.3. The van der Waals surface area contributed by atoms with E-state index in [1.54, 1.807) is 0 Å². The highest BCUT2D eigenvalue weighted by Gasteiger charge is 2.16. The van der Waals surface area contributed by atoms with E-state index in [9.17, 15) is 0 Å². The van der Waals surface area contributed by atoms with Gasteiger partial charge in [-0.25, -0.2) is 9.97 Å². The first kappa shape index (κ1) is 30.3. The van der Waals surface area contributed by atoms with Crippen molar-refractivity contribution in [3.63, 3.8) is 0 Å². The molecule has 0 aliphatic rings. The summed E-state index contributed by atoms with van der Waals surface area (Å²) in [5, 5.41) is 3.61. The molecule has 0 radical (unpaired) electrons. The van der Waals surface area contributed by atoms with E-state index in [4.69, 9.17) is 9.97 Å². The average molecular weight is 689 g/mol. The highest BCUT2D eigenvalue weighted by atomic mass is 15.1. The Morgan fingerprint density at radius 3 is 1.44 bits per heavy atom. The first-order valence-electron chi connectivity index (χ1n) is 18.3. The molecule has 11 aromatic rings. The van der Waals surface area contributed by atoms with Gasteiger partial charge in [0.15, 0.2) is 0 Å². The van der Waals surface area contributed by atoms with Crippen LogP contribution in [-0.4, -0.2) is 18.9 Å².